The van der Waals surface area contributed by atoms with Crippen molar-refractivity contribution in [3.63, 3.8) is 0 Å². The van der Waals surface area contributed by atoms with Crippen LogP contribution < -0.4 is 5.32 Å². The quantitative estimate of drug-likeness (QED) is 0.494. The van der Waals surface area contributed by atoms with E-state index in [1.165, 1.54) is 6.33 Å². The van der Waals surface area contributed by atoms with Crippen molar-refractivity contribution in [1.29, 1.82) is 0 Å². The van der Waals surface area contributed by atoms with Gasteiger partial charge in [-0.15, -0.1) is 0 Å². The summed E-state index contributed by atoms with van der Waals surface area (Å²) in [5.74, 6) is 0.0772. The Bertz CT molecular complexity index is 479. The normalized spacial score (nSPS) is 22.4. The van der Waals surface area contributed by atoms with E-state index < -0.39 is 10.5 Å². The third kappa shape index (κ3) is 2.91. The molecule has 0 amide bonds. The molecule has 0 saturated carbocycles. The number of methoxy groups -OCH3 is 1. The second-order valence-electron chi connectivity index (χ2n) is 4.16. The maximum atomic E-state index is 10.9. The van der Waals surface area contributed by atoms with Crippen LogP contribution in [0.15, 0.2) is 6.33 Å². The molecule has 19 heavy (non-hydrogen) atoms. The minimum atomic E-state index is -0.616. The van der Waals surface area contributed by atoms with Gasteiger partial charge in [0.05, 0.1) is 11.5 Å². The van der Waals surface area contributed by atoms with Crippen LogP contribution in [-0.4, -0.2) is 47.4 Å². The van der Waals surface area contributed by atoms with Crippen molar-refractivity contribution in [2.45, 2.75) is 12.0 Å². The summed E-state index contributed by atoms with van der Waals surface area (Å²) >= 11 is 5.70. The van der Waals surface area contributed by atoms with Crippen molar-refractivity contribution in [3.8, 4) is 0 Å². The summed E-state index contributed by atoms with van der Waals surface area (Å²) in [6.07, 6.45) is 1.88. The van der Waals surface area contributed by atoms with Gasteiger partial charge >= 0.3 is 5.69 Å². The zero-order chi connectivity index (χ0) is 13.9. The third-order valence-corrected chi connectivity index (χ3v) is 3.31. The van der Waals surface area contributed by atoms with Crippen LogP contribution in [-0.2, 0) is 9.47 Å². The van der Waals surface area contributed by atoms with Gasteiger partial charge in [-0.3, -0.25) is 10.1 Å². The van der Waals surface area contributed by atoms with Crippen molar-refractivity contribution in [2.75, 3.05) is 32.2 Å². The van der Waals surface area contributed by atoms with Crippen LogP contribution in [0.2, 0.25) is 5.15 Å². The van der Waals surface area contributed by atoms with Crippen LogP contribution in [0, 0.1) is 10.1 Å². The van der Waals surface area contributed by atoms with E-state index in [4.69, 9.17) is 21.1 Å². The molecule has 1 atom stereocenters. The number of nitrogens with one attached hydrogen (secondary N) is 1. The zero-order valence-electron chi connectivity index (χ0n) is 10.3. The monoisotopic (exact) mass is 288 g/mol. The molecule has 0 aromatic carbocycles. The summed E-state index contributed by atoms with van der Waals surface area (Å²) in [7, 11) is 1.58. The molecule has 1 aliphatic heterocycles. The number of halogens is 1. The second kappa shape index (κ2) is 5.64. The van der Waals surface area contributed by atoms with E-state index in [1.54, 1.807) is 7.11 Å². The maximum absolute atomic E-state index is 10.9. The lowest BCUT2D eigenvalue weighted by molar-refractivity contribution is -0.384. The molecule has 2 heterocycles. The summed E-state index contributed by atoms with van der Waals surface area (Å²) in [4.78, 5) is 17.8. The van der Waals surface area contributed by atoms with E-state index in [-0.39, 0.29) is 16.7 Å². The average molecular weight is 289 g/mol. The van der Waals surface area contributed by atoms with Gasteiger partial charge in [-0.05, 0) is 0 Å². The summed E-state index contributed by atoms with van der Waals surface area (Å²) in [6, 6.07) is 0. The lowest BCUT2D eigenvalue weighted by Gasteiger charge is -2.25. The number of nitro groups is 1. The molecule has 104 valence electrons. The van der Waals surface area contributed by atoms with Gasteiger partial charge in [0.2, 0.25) is 11.0 Å². The second-order valence-corrected chi connectivity index (χ2v) is 4.52. The van der Waals surface area contributed by atoms with Gasteiger partial charge in [-0.1, -0.05) is 11.6 Å². The predicted octanol–water partition coefficient (Wildman–Crippen LogP) is 1.26. The Kier molecular flexibility index (Phi) is 4.13. The van der Waals surface area contributed by atoms with E-state index in [0.29, 0.717) is 26.2 Å². The van der Waals surface area contributed by atoms with Crippen LogP contribution in [0.25, 0.3) is 0 Å². The highest BCUT2D eigenvalue weighted by Crippen LogP contribution is 2.30. The van der Waals surface area contributed by atoms with Gasteiger partial charge < -0.3 is 14.8 Å². The molecule has 1 aromatic rings. The minimum absolute atomic E-state index is 0.0772. The molecule has 0 radical (unpaired) electrons. The number of anilines is 1. The first-order valence-corrected chi connectivity index (χ1v) is 5.97. The van der Waals surface area contributed by atoms with Crippen LogP contribution in [0.5, 0.6) is 0 Å². The van der Waals surface area contributed by atoms with Gasteiger partial charge in [0.25, 0.3) is 0 Å². The number of hydrogen-bond donors (Lipinski definition) is 1. The van der Waals surface area contributed by atoms with Crippen LogP contribution in [0.1, 0.15) is 6.42 Å². The highest BCUT2D eigenvalue weighted by Gasteiger charge is 2.35. The molecule has 2 rings (SSSR count). The van der Waals surface area contributed by atoms with Crippen LogP contribution >= 0.6 is 11.6 Å². The molecule has 1 aromatic heterocycles. The molecular weight excluding hydrogens is 276 g/mol. The van der Waals surface area contributed by atoms with Crippen molar-refractivity contribution >= 4 is 23.1 Å². The highest BCUT2D eigenvalue weighted by molar-refractivity contribution is 6.31. The van der Waals surface area contributed by atoms with Crippen molar-refractivity contribution < 1.29 is 14.4 Å². The fraction of sp³-hybridized carbons (Fsp3) is 0.600. The van der Waals surface area contributed by atoms with Crippen molar-refractivity contribution in [2.24, 2.45) is 0 Å². The zero-order valence-corrected chi connectivity index (χ0v) is 11.0. The van der Waals surface area contributed by atoms with E-state index in [0.717, 1.165) is 0 Å². The predicted molar refractivity (Wildman–Crippen MR) is 67.4 cm³/mol. The molecule has 1 aliphatic rings. The van der Waals surface area contributed by atoms with Gasteiger partial charge in [0.15, 0.2) is 0 Å². The lowest BCUT2D eigenvalue weighted by Crippen LogP contribution is -2.39. The fourth-order valence-corrected chi connectivity index (χ4v) is 2.06. The number of nitrogens with zero attached hydrogens (tertiary/aromatic N) is 3. The molecule has 1 fully saturated rings. The fourth-order valence-electron chi connectivity index (χ4n) is 1.85. The Morgan fingerprint density at radius 2 is 2.47 bits per heavy atom. The van der Waals surface area contributed by atoms with E-state index in [2.05, 4.69) is 15.3 Å². The first-order chi connectivity index (χ1) is 9.08. The highest BCUT2D eigenvalue weighted by atomic mass is 35.5. The first kappa shape index (κ1) is 13.9. The Morgan fingerprint density at radius 1 is 1.68 bits per heavy atom. The molecule has 0 spiro atoms. The van der Waals surface area contributed by atoms with E-state index in [1.807, 2.05) is 0 Å². The number of ether oxygens (including phenoxy) is 2. The molecule has 9 heteroatoms. The van der Waals surface area contributed by atoms with Gasteiger partial charge in [-0.2, -0.15) is 0 Å². The summed E-state index contributed by atoms with van der Waals surface area (Å²) < 4.78 is 10.7. The molecule has 0 bridgehead atoms. The Morgan fingerprint density at radius 3 is 3.05 bits per heavy atom. The minimum Gasteiger partial charge on any atom is -0.378 e. The Balaban J connectivity index is 2.15. The molecule has 0 aliphatic carbocycles. The van der Waals surface area contributed by atoms with Crippen LogP contribution in [0.3, 0.4) is 0 Å². The topological polar surface area (TPSA) is 99.4 Å². The van der Waals surface area contributed by atoms with Gasteiger partial charge in [0, 0.05) is 26.7 Å². The molecule has 1 N–H and O–H groups in total. The largest absolute Gasteiger partial charge is 0.378 e. The van der Waals surface area contributed by atoms with E-state index in [9.17, 15) is 10.1 Å². The maximum Gasteiger partial charge on any atom is 0.348 e. The molecule has 8 nitrogen and oxygen atoms in total. The number of aromatic nitrogens is 2. The van der Waals surface area contributed by atoms with Crippen molar-refractivity contribution in [1.82, 2.24) is 9.97 Å². The molecular formula is C10H13ClN4O4. The number of rotatable bonds is 5. The number of hydrogen-bond acceptors (Lipinski definition) is 7. The van der Waals surface area contributed by atoms with Gasteiger partial charge in [-0.25, -0.2) is 9.97 Å². The molecule has 1 unspecified atom stereocenters. The Hall–Kier alpha value is -1.51. The molecule has 1 saturated heterocycles. The summed E-state index contributed by atoms with van der Waals surface area (Å²) in [5, 5.41) is 13.6. The summed E-state index contributed by atoms with van der Waals surface area (Å²) in [6.45, 7) is 1.38. The Labute approximate surface area is 114 Å². The third-order valence-electron chi connectivity index (χ3n) is 3.04. The SMILES string of the molecule is COC1(CNc2ncnc(Cl)c2[N+](=O)[O-])CCOC1. The smallest absolute Gasteiger partial charge is 0.348 e. The van der Waals surface area contributed by atoms with Gasteiger partial charge in [0.1, 0.15) is 11.9 Å². The first-order valence-electron chi connectivity index (χ1n) is 5.60. The lowest BCUT2D eigenvalue weighted by atomic mass is 10.0. The average Bonchev–Trinajstić information content (AvgIpc) is 2.85. The standard InChI is InChI=1S/C10H13ClN4O4/c1-18-10(2-3-19-5-10)4-12-9-7(15(16)17)8(11)13-6-14-9/h6H,2-5H2,1H3,(H,12,13,14). The van der Waals surface area contributed by atoms with Crippen molar-refractivity contribution in [3.05, 3.63) is 21.6 Å². The van der Waals surface area contributed by atoms with E-state index >= 15 is 0 Å². The summed E-state index contributed by atoms with van der Waals surface area (Å²) in [5.41, 5.74) is -0.833. The van der Waals surface area contributed by atoms with Crippen LogP contribution in [0.4, 0.5) is 11.5 Å².